The predicted octanol–water partition coefficient (Wildman–Crippen LogP) is 3.96. The van der Waals surface area contributed by atoms with Gasteiger partial charge in [-0.15, -0.1) is 0 Å². The largest absolute Gasteiger partial charge is 0.497 e. The zero-order valence-electron chi connectivity index (χ0n) is 12.9. The van der Waals surface area contributed by atoms with Crippen LogP contribution in [0.4, 0.5) is 5.13 Å². The van der Waals surface area contributed by atoms with E-state index in [1.807, 2.05) is 24.3 Å². The van der Waals surface area contributed by atoms with Gasteiger partial charge in [-0.3, -0.25) is 10.1 Å². The Morgan fingerprint density at radius 3 is 2.79 bits per heavy atom. The van der Waals surface area contributed by atoms with Crippen molar-refractivity contribution in [2.75, 3.05) is 12.4 Å². The van der Waals surface area contributed by atoms with Gasteiger partial charge in [-0.2, -0.15) is 0 Å². The first-order chi connectivity index (χ1) is 11.7. The Balaban J connectivity index is 1.58. The molecule has 1 aliphatic rings. The Labute approximate surface area is 142 Å². The van der Waals surface area contributed by atoms with Gasteiger partial charge in [-0.05, 0) is 36.4 Å². The molecule has 1 amide bonds. The van der Waals surface area contributed by atoms with Crippen molar-refractivity contribution in [2.45, 2.75) is 6.61 Å². The minimum absolute atomic E-state index is 0.196. The fourth-order valence-corrected chi connectivity index (χ4v) is 3.44. The van der Waals surface area contributed by atoms with Crippen molar-refractivity contribution in [2.24, 2.45) is 0 Å². The zero-order chi connectivity index (χ0) is 16.5. The van der Waals surface area contributed by atoms with Crippen LogP contribution in [0.3, 0.4) is 0 Å². The van der Waals surface area contributed by atoms with Crippen molar-refractivity contribution in [1.82, 2.24) is 4.98 Å². The molecule has 2 heterocycles. The van der Waals surface area contributed by atoms with Gasteiger partial charge in [0.05, 0.1) is 17.7 Å². The van der Waals surface area contributed by atoms with Crippen LogP contribution < -0.4 is 14.8 Å². The lowest BCUT2D eigenvalue weighted by molar-refractivity contribution is 0.102. The summed E-state index contributed by atoms with van der Waals surface area (Å²) in [6.45, 7) is 0.475. The maximum absolute atomic E-state index is 12.4. The smallest absolute Gasteiger partial charge is 0.257 e. The van der Waals surface area contributed by atoms with E-state index in [2.05, 4.69) is 10.3 Å². The van der Waals surface area contributed by atoms with Gasteiger partial charge in [0.25, 0.3) is 5.91 Å². The molecule has 1 aromatic heterocycles. The van der Waals surface area contributed by atoms with Gasteiger partial charge < -0.3 is 9.47 Å². The molecule has 120 valence electrons. The molecule has 6 heteroatoms. The van der Waals surface area contributed by atoms with Gasteiger partial charge >= 0.3 is 0 Å². The number of aromatic nitrogens is 1. The Hall–Kier alpha value is -2.86. The van der Waals surface area contributed by atoms with E-state index in [9.17, 15) is 4.79 Å². The number of carbonyl (C=O) groups excluding carboxylic acids is 1. The van der Waals surface area contributed by atoms with E-state index in [1.165, 1.54) is 11.3 Å². The number of methoxy groups -OCH3 is 1. The standard InChI is InChI=1S/C18H14N2O3S/c1-22-12-8-6-11(7-9-12)17(21)20-18-19-16-13-4-2-3-5-14(13)23-10-15(16)24-18/h2-9H,10H2,1H3,(H,19,20,21). The van der Waals surface area contributed by atoms with Crippen LogP contribution in [0.15, 0.2) is 48.5 Å². The summed E-state index contributed by atoms with van der Waals surface area (Å²) in [4.78, 5) is 17.9. The fraction of sp³-hybridized carbons (Fsp3) is 0.111. The molecular weight excluding hydrogens is 324 g/mol. The fourth-order valence-electron chi connectivity index (χ4n) is 2.56. The maximum Gasteiger partial charge on any atom is 0.257 e. The molecule has 0 saturated carbocycles. The Bertz CT molecular complexity index is 903. The predicted molar refractivity (Wildman–Crippen MR) is 92.8 cm³/mol. The monoisotopic (exact) mass is 338 g/mol. The number of para-hydroxylation sites is 1. The molecule has 4 rings (SSSR count). The van der Waals surface area contributed by atoms with E-state index in [-0.39, 0.29) is 5.91 Å². The summed E-state index contributed by atoms with van der Waals surface area (Å²) in [6.07, 6.45) is 0. The number of nitrogens with zero attached hydrogens (tertiary/aromatic N) is 1. The molecule has 0 radical (unpaired) electrons. The number of benzene rings is 2. The van der Waals surface area contributed by atoms with Crippen LogP contribution in [0.2, 0.25) is 0 Å². The SMILES string of the molecule is COc1ccc(C(=O)Nc2nc3c(s2)COc2ccccc2-3)cc1. The summed E-state index contributed by atoms with van der Waals surface area (Å²) in [5.74, 6) is 1.34. The van der Waals surface area contributed by atoms with Gasteiger partial charge in [0.2, 0.25) is 0 Å². The third-order valence-electron chi connectivity index (χ3n) is 3.77. The zero-order valence-corrected chi connectivity index (χ0v) is 13.7. The van der Waals surface area contributed by atoms with Gasteiger partial charge in [0.15, 0.2) is 5.13 Å². The van der Waals surface area contributed by atoms with Crippen molar-refractivity contribution in [3.05, 3.63) is 59.0 Å². The Morgan fingerprint density at radius 1 is 1.21 bits per heavy atom. The first-order valence-corrected chi connectivity index (χ1v) is 8.23. The first kappa shape index (κ1) is 14.7. The van der Waals surface area contributed by atoms with E-state index in [0.717, 1.165) is 21.9 Å². The average Bonchev–Trinajstić information content (AvgIpc) is 3.04. The molecule has 0 aliphatic carbocycles. The molecule has 0 unspecified atom stereocenters. The number of fused-ring (bicyclic) bond motifs is 3. The van der Waals surface area contributed by atoms with E-state index in [0.29, 0.717) is 23.1 Å². The minimum atomic E-state index is -0.196. The number of rotatable bonds is 3. The van der Waals surface area contributed by atoms with Crippen molar-refractivity contribution < 1.29 is 14.3 Å². The second kappa shape index (κ2) is 5.98. The third-order valence-corrected chi connectivity index (χ3v) is 4.72. The quantitative estimate of drug-likeness (QED) is 0.785. The minimum Gasteiger partial charge on any atom is -0.497 e. The lowest BCUT2D eigenvalue weighted by atomic mass is 10.1. The normalized spacial score (nSPS) is 11.9. The van der Waals surface area contributed by atoms with Crippen LogP contribution in [-0.4, -0.2) is 18.0 Å². The van der Waals surface area contributed by atoms with Crippen LogP contribution in [0.1, 0.15) is 15.2 Å². The van der Waals surface area contributed by atoms with Gasteiger partial charge in [-0.1, -0.05) is 23.5 Å². The first-order valence-electron chi connectivity index (χ1n) is 7.42. The summed E-state index contributed by atoms with van der Waals surface area (Å²) < 4.78 is 10.8. The van der Waals surface area contributed by atoms with Crippen molar-refractivity contribution in [3.8, 4) is 22.8 Å². The molecular formula is C18H14N2O3S. The van der Waals surface area contributed by atoms with Crippen LogP contribution in [0.5, 0.6) is 11.5 Å². The Morgan fingerprint density at radius 2 is 2.00 bits per heavy atom. The molecule has 24 heavy (non-hydrogen) atoms. The average molecular weight is 338 g/mol. The maximum atomic E-state index is 12.4. The van der Waals surface area contributed by atoms with Crippen LogP contribution in [-0.2, 0) is 6.61 Å². The molecule has 3 aromatic rings. The van der Waals surface area contributed by atoms with E-state index >= 15 is 0 Å². The molecule has 0 atom stereocenters. The molecule has 1 aliphatic heterocycles. The van der Waals surface area contributed by atoms with Gasteiger partial charge in [-0.25, -0.2) is 4.98 Å². The van der Waals surface area contributed by atoms with Crippen LogP contribution >= 0.6 is 11.3 Å². The number of carbonyl (C=O) groups is 1. The summed E-state index contributed by atoms with van der Waals surface area (Å²) in [5, 5.41) is 3.43. The molecule has 0 spiro atoms. The number of anilines is 1. The lowest BCUT2D eigenvalue weighted by Gasteiger charge is -2.15. The topological polar surface area (TPSA) is 60.5 Å². The van der Waals surface area contributed by atoms with Crippen molar-refractivity contribution in [1.29, 1.82) is 0 Å². The second-order valence-corrected chi connectivity index (χ2v) is 6.34. The molecule has 0 fully saturated rings. The lowest BCUT2D eigenvalue weighted by Crippen LogP contribution is -2.11. The highest BCUT2D eigenvalue weighted by Crippen LogP contribution is 2.40. The Kier molecular flexibility index (Phi) is 3.66. The number of thiazole rings is 1. The van der Waals surface area contributed by atoms with E-state index < -0.39 is 0 Å². The second-order valence-electron chi connectivity index (χ2n) is 5.26. The molecule has 0 saturated heterocycles. The highest BCUT2D eigenvalue weighted by molar-refractivity contribution is 7.16. The van der Waals surface area contributed by atoms with E-state index in [4.69, 9.17) is 9.47 Å². The number of ether oxygens (including phenoxy) is 2. The molecule has 1 N–H and O–H groups in total. The van der Waals surface area contributed by atoms with E-state index in [1.54, 1.807) is 31.4 Å². The van der Waals surface area contributed by atoms with Crippen LogP contribution in [0.25, 0.3) is 11.3 Å². The number of hydrogen-bond acceptors (Lipinski definition) is 5. The summed E-state index contributed by atoms with van der Waals surface area (Å²) in [5.41, 5.74) is 2.40. The highest BCUT2D eigenvalue weighted by atomic mass is 32.1. The van der Waals surface area contributed by atoms with Gasteiger partial charge in [0.1, 0.15) is 18.1 Å². The molecule has 0 bridgehead atoms. The van der Waals surface area contributed by atoms with Crippen molar-refractivity contribution >= 4 is 22.4 Å². The van der Waals surface area contributed by atoms with Crippen molar-refractivity contribution in [3.63, 3.8) is 0 Å². The summed E-state index contributed by atoms with van der Waals surface area (Å²) in [7, 11) is 1.59. The third kappa shape index (κ3) is 2.61. The number of hydrogen-bond donors (Lipinski definition) is 1. The molecule has 2 aromatic carbocycles. The highest BCUT2D eigenvalue weighted by Gasteiger charge is 2.22. The summed E-state index contributed by atoms with van der Waals surface area (Å²) >= 11 is 1.44. The summed E-state index contributed by atoms with van der Waals surface area (Å²) in [6, 6.07) is 14.7. The number of nitrogens with one attached hydrogen (secondary N) is 1. The van der Waals surface area contributed by atoms with Crippen LogP contribution in [0, 0.1) is 0 Å². The number of amides is 1. The van der Waals surface area contributed by atoms with Gasteiger partial charge in [0, 0.05) is 11.1 Å². The molecule has 5 nitrogen and oxygen atoms in total.